The quantitative estimate of drug-likeness (QED) is 0.866. The summed E-state index contributed by atoms with van der Waals surface area (Å²) >= 11 is 0. The molecule has 0 unspecified atom stereocenters. The van der Waals surface area contributed by atoms with Crippen LogP contribution in [0.5, 0.6) is 5.75 Å². The summed E-state index contributed by atoms with van der Waals surface area (Å²) in [6.07, 6.45) is 0. The Morgan fingerprint density at radius 2 is 1.40 bits per heavy atom. The van der Waals surface area contributed by atoms with Crippen LogP contribution in [-0.4, -0.2) is 54.9 Å². The monoisotopic (exact) mass is 339 g/mol. The molecule has 1 heterocycles. The van der Waals surface area contributed by atoms with E-state index in [-0.39, 0.29) is 11.8 Å². The maximum Gasteiger partial charge on any atom is 0.254 e. The molecule has 2 aromatic carbocycles. The van der Waals surface area contributed by atoms with Gasteiger partial charge in [0.1, 0.15) is 5.75 Å². The van der Waals surface area contributed by atoms with Crippen molar-refractivity contribution in [1.82, 2.24) is 9.80 Å². The SMILES string of the molecule is COc1cccc(C(=O)N2CCN(C(=O)c3cccc(N)c3)CC2)c1. The first kappa shape index (κ1) is 16.8. The molecule has 1 fully saturated rings. The van der Waals surface area contributed by atoms with E-state index in [1.807, 2.05) is 0 Å². The number of nitrogens with two attached hydrogens (primary N) is 1. The molecular weight excluding hydrogens is 318 g/mol. The van der Waals surface area contributed by atoms with E-state index in [4.69, 9.17) is 10.5 Å². The summed E-state index contributed by atoms with van der Waals surface area (Å²) < 4.78 is 5.17. The lowest BCUT2D eigenvalue weighted by Gasteiger charge is -2.35. The third-order valence-corrected chi connectivity index (χ3v) is 4.30. The number of nitrogen functional groups attached to an aromatic ring is 1. The number of anilines is 1. The second-order valence-corrected chi connectivity index (χ2v) is 5.94. The second-order valence-electron chi connectivity index (χ2n) is 5.94. The Bertz CT molecular complexity index is 783. The molecule has 2 aromatic rings. The number of ether oxygens (including phenoxy) is 1. The molecule has 130 valence electrons. The third kappa shape index (κ3) is 3.74. The highest BCUT2D eigenvalue weighted by Crippen LogP contribution is 2.17. The summed E-state index contributed by atoms with van der Waals surface area (Å²) in [7, 11) is 1.57. The summed E-state index contributed by atoms with van der Waals surface area (Å²) in [5.41, 5.74) is 7.48. The number of hydrogen-bond acceptors (Lipinski definition) is 4. The van der Waals surface area contributed by atoms with Crippen LogP contribution in [0.3, 0.4) is 0 Å². The van der Waals surface area contributed by atoms with Gasteiger partial charge in [0.2, 0.25) is 0 Å². The van der Waals surface area contributed by atoms with Crippen molar-refractivity contribution in [3.05, 3.63) is 59.7 Å². The van der Waals surface area contributed by atoms with Gasteiger partial charge in [0, 0.05) is 43.0 Å². The molecule has 2 amide bonds. The number of carbonyl (C=O) groups excluding carboxylic acids is 2. The van der Waals surface area contributed by atoms with Gasteiger partial charge >= 0.3 is 0 Å². The van der Waals surface area contributed by atoms with Gasteiger partial charge in [-0.05, 0) is 36.4 Å². The van der Waals surface area contributed by atoms with E-state index in [1.165, 1.54) is 0 Å². The number of rotatable bonds is 3. The van der Waals surface area contributed by atoms with Gasteiger partial charge in [-0.15, -0.1) is 0 Å². The molecular formula is C19H21N3O3. The van der Waals surface area contributed by atoms with Crippen LogP contribution in [0.25, 0.3) is 0 Å². The summed E-state index contributed by atoms with van der Waals surface area (Å²) in [5, 5.41) is 0. The molecule has 0 spiro atoms. The van der Waals surface area contributed by atoms with Crippen molar-refractivity contribution in [1.29, 1.82) is 0 Å². The van der Waals surface area contributed by atoms with Crippen LogP contribution in [-0.2, 0) is 0 Å². The normalized spacial score (nSPS) is 14.3. The molecule has 3 rings (SSSR count). The van der Waals surface area contributed by atoms with Crippen molar-refractivity contribution in [3.63, 3.8) is 0 Å². The maximum atomic E-state index is 12.6. The molecule has 1 aliphatic rings. The minimum Gasteiger partial charge on any atom is -0.497 e. The van der Waals surface area contributed by atoms with Crippen molar-refractivity contribution in [2.45, 2.75) is 0 Å². The first-order valence-corrected chi connectivity index (χ1v) is 8.16. The van der Waals surface area contributed by atoms with Crippen molar-refractivity contribution >= 4 is 17.5 Å². The molecule has 2 N–H and O–H groups in total. The number of amides is 2. The van der Waals surface area contributed by atoms with Crippen LogP contribution < -0.4 is 10.5 Å². The summed E-state index contributed by atoms with van der Waals surface area (Å²) in [6, 6.07) is 14.1. The largest absolute Gasteiger partial charge is 0.497 e. The topological polar surface area (TPSA) is 75.9 Å². The fourth-order valence-electron chi connectivity index (χ4n) is 2.91. The van der Waals surface area contributed by atoms with Gasteiger partial charge in [0.25, 0.3) is 11.8 Å². The van der Waals surface area contributed by atoms with Crippen LogP contribution in [0, 0.1) is 0 Å². The fourth-order valence-corrected chi connectivity index (χ4v) is 2.91. The van der Waals surface area contributed by atoms with Gasteiger partial charge in [-0.3, -0.25) is 9.59 Å². The Morgan fingerprint density at radius 1 is 0.880 bits per heavy atom. The molecule has 25 heavy (non-hydrogen) atoms. The molecule has 1 saturated heterocycles. The van der Waals surface area contributed by atoms with Crippen molar-refractivity contribution in [2.75, 3.05) is 39.0 Å². The number of piperazine rings is 1. The lowest BCUT2D eigenvalue weighted by atomic mass is 10.1. The Kier molecular flexibility index (Phi) is 4.88. The number of methoxy groups -OCH3 is 1. The Hall–Kier alpha value is -3.02. The van der Waals surface area contributed by atoms with E-state index in [0.717, 1.165) is 0 Å². The summed E-state index contributed by atoms with van der Waals surface area (Å²) in [6.45, 7) is 2.01. The minimum atomic E-state index is -0.0548. The Morgan fingerprint density at radius 3 is 1.92 bits per heavy atom. The zero-order valence-corrected chi connectivity index (χ0v) is 14.1. The third-order valence-electron chi connectivity index (χ3n) is 4.30. The number of hydrogen-bond donors (Lipinski definition) is 1. The van der Waals surface area contributed by atoms with Crippen LogP contribution >= 0.6 is 0 Å². The zero-order chi connectivity index (χ0) is 17.8. The van der Waals surface area contributed by atoms with Crippen molar-refractivity contribution in [2.24, 2.45) is 0 Å². The predicted molar refractivity (Wildman–Crippen MR) is 95.7 cm³/mol. The van der Waals surface area contributed by atoms with Gasteiger partial charge in [0.15, 0.2) is 0 Å². The highest BCUT2D eigenvalue weighted by Gasteiger charge is 2.25. The molecule has 0 atom stereocenters. The first-order chi connectivity index (χ1) is 12.1. The van der Waals surface area contributed by atoms with Gasteiger partial charge in [-0.25, -0.2) is 0 Å². The van der Waals surface area contributed by atoms with Gasteiger partial charge in [-0.1, -0.05) is 12.1 Å². The van der Waals surface area contributed by atoms with Crippen LogP contribution in [0.2, 0.25) is 0 Å². The lowest BCUT2D eigenvalue weighted by molar-refractivity contribution is 0.0535. The zero-order valence-electron chi connectivity index (χ0n) is 14.1. The van der Waals surface area contributed by atoms with Crippen LogP contribution in [0.15, 0.2) is 48.5 Å². The standard InChI is InChI=1S/C19H21N3O3/c1-25-17-7-3-5-15(13-17)19(24)22-10-8-21(9-11-22)18(23)14-4-2-6-16(20)12-14/h2-7,12-13H,8-11,20H2,1H3. The first-order valence-electron chi connectivity index (χ1n) is 8.16. The van der Waals surface area contributed by atoms with Crippen molar-refractivity contribution in [3.8, 4) is 5.75 Å². The van der Waals surface area contributed by atoms with E-state index >= 15 is 0 Å². The van der Waals surface area contributed by atoms with Crippen LogP contribution in [0.1, 0.15) is 20.7 Å². The molecule has 0 radical (unpaired) electrons. The van der Waals surface area contributed by atoms with E-state index in [9.17, 15) is 9.59 Å². The number of carbonyl (C=O) groups is 2. The molecule has 0 bridgehead atoms. The van der Waals surface area contributed by atoms with Crippen molar-refractivity contribution < 1.29 is 14.3 Å². The molecule has 0 aliphatic carbocycles. The number of benzene rings is 2. The average molecular weight is 339 g/mol. The van der Waals surface area contributed by atoms with E-state index in [0.29, 0.717) is 48.7 Å². The maximum absolute atomic E-state index is 12.6. The van der Waals surface area contributed by atoms with Gasteiger partial charge in [-0.2, -0.15) is 0 Å². The fraction of sp³-hybridized carbons (Fsp3) is 0.263. The molecule has 6 nitrogen and oxygen atoms in total. The Balaban J connectivity index is 1.63. The number of nitrogens with zero attached hydrogens (tertiary/aromatic N) is 2. The highest BCUT2D eigenvalue weighted by atomic mass is 16.5. The minimum absolute atomic E-state index is 0.0463. The predicted octanol–water partition coefficient (Wildman–Crippen LogP) is 1.88. The van der Waals surface area contributed by atoms with Gasteiger partial charge in [0.05, 0.1) is 7.11 Å². The Labute approximate surface area is 146 Å². The summed E-state index contributed by atoms with van der Waals surface area (Å²) in [5.74, 6) is 0.553. The van der Waals surface area contributed by atoms with E-state index < -0.39 is 0 Å². The molecule has 0 aromatic heterocycles. The van der Waals surface area contributed by atoms with E-state index in [2.05, 4.69) is 0 Å². The smallest absolute Gasteiger partial charge is 0.254 e. The van der Waals surface area contributed by atoms with Crippen LogP contribution in [0.4, 0.5) is 5.69 Å². The molecule has 0 saturated carbocycles. The van der Waals surface area contributed by atoms with E-state index in [1.54, 1.807) is 65.4 Å². The average Bonchev–Trinajstić information content (AvgIpc) is 2.67. The molecule has 1 aliphatic heterocycles. The highest BCUT2D eigenvalue weighted by molar-refractivity contribution is 5.96. The van der Waals surface area contributed by atoms with Gasteiger partial charge < -0.3 is 20.3 Å². The summed E-state index contributed by atoms with van der Waals surface area (Å²) in [4.78, 5) is 28.7. The molecule has 6 heteroatoms. The second kappa shape index (κ2) is 7.25. The lowest BCUT2D eigenvalue weighted by Crippen LogP contribution is -2.50.